The van der Waals surface area contributed by atoms with E-state index >= 15 is 0 Å². The number of rotatable bonds is 8. The summed E-state index contributed by atoms with van der Waals surface area (Å²) >= 11 is 0. The van der Waals surface area contributed by atoms with Crippen molar-refractivity contribution in [2.24, 2.45) is 0 Å². The molecule has 0 radical (unpaired) electrons. The summed E-state index contributed by atoms with van der Waals surface area (Å²) in [5.74, 6) is -0.338. The zero-order chi connectivity index (χ0) is 15.9. The van der Waals surface area contributed by atoms with Gasteiger partial charge in [-0.15, -0.1) is 0 Å². The Balaban J connectivity index is 2.81. The Morgan fingerprint density at radius 2 is 1.90 bits per heavy atom. The van der Waals surface area contributed by atoms with E-state index < -0.39 is 10.0 Å². The molecule has 118 valence electrons. The van der Waals surface area contributed by atoms with E-state index in [2.05, 4.69) is 15.4 Å². The lowest BCUT2D eigenvalue weighted by Gasteiger charge is -2.15. The molecule has 0 heterocycles. The molecule has 1 atom stereocenters. The van der Waals surface area contributed by atoms with Crippen LogP contribution in [0.1, 0.15) is 31.1 Å². The first-order valence-electron chi connectivity index (χ1n) is 7.00. The van der Waals surface area contributed by atoms with Crippen molar-refractivity contribution in [2.45, 2.75) is 26.8 Å². The number of hydrogen-bond donors (Lipinski definition) is 3. The molecule has 0 aliphatic heterocycles. The maximum absolute atomic E-state index is 12.2. The highest BCUT2D eigenvalue weighted by atomic mass is 32.2. The molecule has 3 N–H and O–H groups in total. The van der Waals surface area contributed by atoms with Crippen molar-refractivity contribution in [3.8, 4) is 0 Å². The molecule has 1 rings (SSSR count). The lowest BCUT2D eigenvalue weighted by molar-refractivity contribution is 0.0951. The fourth-order valence-corrected chi connectivity index (χ4v) is 2.43. The van der Waals surface area contributed by atoms with E-state index in [9.17, 15) is 13.2 Å². The summed E-state index contributed by atoms with van der Waals surface area (Å²) in [6, 6.07) is 6.72. The van der Waals surface area contributed by atoms with Gasteiger partial charge in [0, 0.05) is 12.6 Å². The summed E-state index contributed by atoms with van der Waals surface area (Å²) in [4.78, 5) is 12.2. The molecule has 0 spiro atoms. The third-order valence-corrected chi connectivity index (χ3v) is 4.23. The lowest BCUT2D eigenvalue weighted by atomic mass is 10.1. The Labute approximate surface area is 126 Å². The topological polar surface area (TPSA) is 87.3 Å². The molecule has 0 aliphatic carbocycles. The number of carbonyl (C=O) groups excluding carboxylic acids is 1. The van der Waals surface area contributed by atoms with Gasteiger partial charge in [-0.05, 0) is 32.5 Å². The zero-order valence-electron chi connectivity index (χ0n) is 12.6. The molecule has 0 bridgehead atoms. The molecular weight excluding hydrogens is 290 g/mol. The van der Waals surface area contributed by atoms with Gasteiger partial charge in [-0.2, -0.15) is 0 Å². The van der Waals surface area contributed by atoms with Crippen LogP contribution in [-0.4, -0.2) is 39.2 Å². The van der Waals surface area contributed by atoms with Gasteiger partial charge in [-0.1, -0.05) is 19.1 Å². The van der Waals surface area contributed by atoms with Crippen LogP contribution in [0.25, 0.3) is 0 Å². The second kappa shape index (κ2) is 7.99. The molecule has 6 nitrogen and oxygen atoms in total. The SMILES string of the molecule is CCN[C@H](C)CNC(=O)c1ccccc1NS(=O)(=O)CC. The smallest absolute Gasteiger partial charge is 0.253 e. The highest BCUT2D eigenvalue weighted by Gasteiger charge is 2.15. The van der Waals surface area contributed by atoms with E-state index in [0.717, 1.165) is 6.54 Å². The molecular formula is C14H23N3O3S. The molecule has 1 amide bonds. The van der Waals surface area contributed by atoms with Crippen molar-refractivity contribution in [3.05, 3.63) is 29.8 Å². The molecule has 0 saturated heterocycles. The third-order valence-electron chi connectivity index (χ3n) is 2.94. The fourth-order valence-electron chi connectivity index (χ4n) is 1.77. The van der Waals surface area contributed by atoms with Crippen LogP contribution in [0.2, 0.25) is 0 Å². The van der Waals surface area contributed by atoms with Crippen LogP contribution in [0.4, 0.5) is 5.69 Å². The van der Waals surface area contributed by atoms with Gasteiger partial charge in [0.05, 0.1) is 17.0 Å². The Kier molecular flexibility index (Phi) is 6.64. The van der Waals surface area contributed by atoms with Crippen LogP contribution in [-0.2, 0) is 10.0 Å². The van der Waals surface area contributed by atoms with Crippen molar-refractivity contribution in [1.29, 1.82) is 0 Å². The van der Waals surface area contributed by atoms with E-state index in [4.69, 9.17) is 0 Å². The summed E-state index contributed by atoms with van der Waals surface area (Å²) in [6.45, 7) is 6.80. The van der Waals surface area contributed by atoms with Crippen molar-refractivity contribution < 1.29 is 13.2 Å². The maximum Gasteiger partial charge on any atom is 0.253 e. The predicted octanol–water partition coefficient (Wildman–Crippen LogP) is 1.18. The number of benzene rings is 1. The van der Waals surface area contributed by atoms with E-state index in [1.807, 2.05) is 13.8 Å². The lowest BCUT2D eigenvalue weighted by Crippen LogP contribution is -2.39. The van der Waals surface area contributed by atoms with Crippen LogP contribution in [0, 0.1) is 0 Å². The van der Waals surface area contributed by atoms with Gasteiger partial charge in [0.25, 0.3) is 5.91 Å². The van der Waals surface area contributed by atoms with Gasteiger partial charge in [0.1, 0.15) is 0 Å². The van der Waals surface area contributed by atoms with Crippen molar-refractivity contribution >= 4 is 21.6 Å². The van der Waals surface area contributed by atoms with Gasteiger partial charge in [0.15, 0.2) is 0 Å². The fraction of sp³-hybridized carbons (Fsp3) is 0.500. The number of carbonyl (C=O) groups is 1. The van der Waals surface area contributed by atoms with Crippen LogP contribution in [0.3, 0.4) is 0 Å². The number of sulfonamides is 1. The first-order valence-corrected chi connectivity index (χ1v) is 8.66. The molecule has 1 aromatic carbocycles. The standard InChI is InChI=1S/C14H23N3O3S/c1-4-15-11(3)10-16-14(18)12-8-6-7-9-13(12)17-21(19,20)5-2/h6-9,11,15,17H,4-5,10H2,1-3H3,(H,16,18)/t11-/m1/s1. The Morgan fingerprint density at radius 1 is 1.24 bits per heavy atom. The molecule has 0 unspecified atom stereocenters. The van der Waals surface area contributed by atoms with Gasteiger partial charge < -0.3 is 10.6 Å². The molecule has 0 aromatic heterocycles. The Hall–Kier alpha value is -1.60. The van der Waals surface area contributed by atoms with Gasteiger partial charge in [-0.3, -0.25) is 9.52 Å². The second-order valence-electron chi connectivity index (χ2n) is 4.72. The number of amides is 1. The molecule has 1 aromatic rings. The third kappa shape index (κ3) is 5.73. The summed E-state index contributed by atoms with van der Waals surface area (Å²) in [5.41, 5.74) is 0.617. The number of para-hydroxylation sites is 1. The molecule has 0 saturated carbocycles. The summed E-state index contributed by atoms with van der Waals surface area (Å²) < 4.78 is 25.7. The van der Waals surface area contributed by atoms with E-state index in [0.29, 0.717) is 17.8 Å². The van der Waals surface area contributed by atoms with Gasteiger partial charge in [0.2, 0.25) is 10.0 Å². The second-order valence-corrected chi connectivity index (χ2v) is 6.73. The molecule has 21 heavy (non-hydrogen) atoms. The summed E-state index contributed by atoms with van der Waals surface area (Å²) in [5, 5.41) is 5.98. The number of nitrogens with one attached hydrogen (secondary N) is 3. The largest absolute Gasteiger partial charge is 0.350 e. The summed E-state index contributed by atoms with van der Waals surface area (Å²) in [7, 11) is -3.41. The number of likely N-dealkylation sites (N-methyl/N-ethyl adjacent to an activating group) is 1. The zero-order valence-corrected chi connectivity index (χ0v) is 13.5. The van der Waals surface area contributed by atoms with Crippen molar-refractivity contribution in [3.63, 3.8) is 0 Å². The van der Waals surface area contributed by atoms with Crippen LogP contribution >= 0.6 is 0 Å². The highest BCUT2D eigenvalue weighted by molar-refractivity contribution is 7.92. The molecule has 0 aliphatic rings. The summed E-state index contributed by atoms with van der Waals surface area (Å²) in [6.07, 6.45) is 0. The van der Waals surface area contributed by atoms with E-state index in [1.165, 1.54) is 0 Å². The normalized spacial score (nSPS) is 12.7. The van der Waals surface area contributed by atoms with Gasteiger partial charge in [-0.25, -0.2) is 8.42 Å². The first-order chi connectivity index (χ1) is 9.89. The monoisotopic (exact) mass is 313 g/mol. The average Bonchev–Trinajstić information content (AvgIpc) is 2.45. The highest BCUT2D eigenvalue weighted by Crippen LogP contribution is 2.16. The first kappa shape index (κ1) is 17.5. The minimum Gasteiger partial charge on any atom is -0.350 e. The van der Waals surface area contributed by atoms with Crippen molar-refractivity contribution in [2.75, 3.05) is 23.6 Å². The predicted molar refractivity (Wildman–Crippen MR) is 85.0 cm³/mol. The number of hydrogen-bond acceptors (Lipinski definition) is 4. The Morgan fingerprint density at radius 3 is 2.52 bits per heavy atom. The minimum atomic E-state index is -3.41. The average molecular weight is 313 g/mol. The van der Waals surface area contributed by atoms with E-state index in [1.54, 1.807) is 31.2 Å². The number of anilines is 1. The Bertz CT molecular complexity index is 573. The molecule has 0 fully saturated rings. The van der Waals surface area contributed by atoms with Crippen molar-refractivity contribution in [1.82, 2.24) is 10.6 Å². The van der Waals surface area contributed by atoms with Crippen LogP contribution in [0.15, 0.2) is 24.3 Å². The van der Waals surface area contributed by atoms with Crippen LogP contribution < -0.4 is 15.4 Å². The van der Waals surface area contributed by atoms with E-state index in [-0.39, 0.29) is 17.7 Å². The maximum atomic E-state index is 12.2. The van der Waals surface area contributed by atoms with Crippen LogP contribution in [0.5, 0.6) is 0 Å². The van der Waals surface area contributed by atoms with Gasteiger partial charge >= 0.3 is 0 Å². The minimum absolute atomic E-state index is 0.0413. The quantitative estimate of drug-likeness (QED) is 0.672. The molecule has 7 heteroatoms.